The van der Waals surface area contributed by atoms with Gasteiger partial charge in [-0.05, 0) is 24.1 Å². The topological polar surface area (TPSA) is 53.0 Å². The van der Waals surface area contributed by atoms with Crippen molar-refractivity contribution in [1.29, 1.82) is 0 Å². The summed E-state index contributed by atoms with van der Waals surface area (Å²) in [5.74, 6) is 0.526. The average molecular weight is 298 g/mol. The molecule has 0 saturated heterocycles. The molecular formula is C13H13Cl2N3O. The SMILES string of the molecule is Nc1c(Cc2c(Cl)cccc2Cl)c(=O)n2n1CCC2. The molecule has 2 N–H and O–H groups in total. The molecule has 1 aliphatic heterocycles. The van der Waals surface area contributed by atoms with Gasteiger partial charge < -0.3 is 5.73 Å². The number of hydrogen-bond acceptors (Lipinski definition) is 2. The number of rotatable bonds is 2. The van der Waals surface area contributed by atoms with E-state index in [1.54, 1.807) is 22.9 Å². The Morgan fingerprint density at radius 2 is 1.74 bits per heavy atom. The number of halogens is 2. The van der Waals surface area contributed by atoms with Crippen molar-refractivity contribution < 1.29 is 0 Å². The van der Waals surface area contributed by atoms with E-state index in [4.69, 9.17) is 28.9 Å². The van der Waals surface area contributed by atoms with Gasteiger partial charge in [0, 0.05) is 29.6 Å². The van der Waals surface area contributed by atoms with Gasteiger partial charge in [-0.2, -0.15) is 0 Å². The van der Waals surface area contributed by atoms with Crippen molar-refractivity contribution >= 4 is 29.0 Å². The summed E-state index contributed by atoms with van der Waals surface area (Å²) < 4.78 is 3.53. The summed E-state index contributed by atoms with van der Waals surface area (Å²) in [5.41, 5.74) is 7.35. The molecular weight excluding hydrogens is 285 g/mol. The number of anilines is 1. The molecule has 1 aliphatic rings. The lowest BCUT2D eigenvalue weighted by atomic mass is 10.1. The van der Waals surface area contributed by atoms with Crippen LogP contribution in [0.4, 0.5) is 5.82 Å². The van der Waals surface area contributed by atoms with E-state index in [1.807, 2.05) is 4.68 Å². The Bertz CT molecular complexity index is 682. The van der Waals surface area contributed by atoms with Gasteiger partial charge in [-0.3, -0.25) is 9.48 Å². The maximum absolute atomic E-state index is 12.3. The van der Waals surface area contributed by atoms with Crippen molar-refractivity contribution in [3.05, 3.63) is 49.7 Å². The van der Waals surface area contributed by atoms with E-state index in [0.29, 0.717) is 27.8 Å². The molecule has 1 aromatic carbocycles. The van der Waals surface area contributed by atoms with E-state index in [-0.39, 0.29) is 5.56 Å². The first kappa shape index (κ1) is 12.6. The van der Waals surface area contributed by atoms with Crippen molar-refractivity contribution in [1.82, 2.24) is 9.36 Å². The van der Waals surface area contributed by atoms with E-state index in [2.05, 4.69) is 0 Å². The molecule has 0 aliphatic carbocycles. The van der Waals surface area contributed by atoms with Crippen molar-refractivity contribution in [2.24, 2.45) is 0 Å². The zero-order chi connectivity index (χ0) is 13.6. The summed E-state index contributed by atoms with van der Waals surface area (Å²) >= 11 is 12.3. The predicted molar refractivity (Wildman–Crippen MR) is 77.0 cm³/mol. The predicted octanol–water partition coefficient (Wildman–Crippen LogP) is 2.53. The maximum Gasteiger partial charge on any atom is 0.272 e. The molecule has 2 aromatic rings. The fraction of sp³-hybridized carbons (Fsp3) is 0.308. The van der Waals surface area contributed by atoms with Crippen LogP contribution < -0.4 is 11.3 Å². The number of nitrogen functional groups attached to an aromatic ring is 1. The highest BCUT2D eigenvalue weighted by molar-refractivity contribution is 6.36. The van der Waals surface area contributed by atoms with E-state index in [9.17, 15) is 4.79 Å². The minimum absolute atomic E-state index is 0.0361. The fourth-order valence-electron chi connectivity index (χ4n) is 2.54. The monoisotopic (exact) mass is 297 g/mol. The summed E-state index contributed by atoms with van der Waals surface area (Å²) in [6, 6.07) is 5.31. The van der Waals surface area contributed by atoms with Crippen LogP contribution in [0.25, 0.3) is 0 Å². The fourth-order valence-corrected chi connectivity index (χ4v) is 3.07. The van der Waals surface area contributed by atoms with Crippen molar-refractivity contribution in [3.63, 3.8) is 0 Å². The number of hydrogen-bond donors (Lipinski definition) is 1. The average Bonchev–Trinajstić information content (AvgIpc) is 2.93. The first-order valence-electron chi connectivity index (χ1n) is 6.10. The van der Waals surface area contributed by atoms with Gasteiger partial charge in [0.2, 0.25) is 0 Å². The molecule has 19 heavy (non-hydrogen) atoms. The van der Waals surface area contributed by atoms with Crippen LogP contribution in [0.5, 0.6) is 0 Å². The molecule has 0 saturated carbocycles. The zero-order valence-corrected chi connectivity index (χ0v) is 11.7. The zero-order valence-electron chi connectivity index (χ0n) is 10.2. The number of fused-ring (bicyclic) bond motifs is 1. The van der Waals surface area contributed by atoms with Crippen LogP contribution in [-0.2, 0) is 19.5 Å². The number of nitrogens with zero attached hydrogens (tertiary/aromatic N) is 2. The van der Waals surface area contributed by atoms with Crippen molar-refractivity contribution in [3.8, 4) is 0 Å². The number of benzene rings is 1. The van der Waals surface area contributed by atoms with Gasteiger partial charge in [0.1, 0.15) is 5.82 Å². The lowest BCUT2D eigenvalue weighted by molar-refractivity contribution is 0.601. The molecule has 2 heterocycles. The first-order chi connectivity index (χ1) is 9.09. The van der Waals surface area contributed by atoms with Crippen LogP contribution in [0.15, 0.2) is 23.0 Å². The van der Waals surface area contributed by atoms with Gasteiger partial charge in [-0.1, -0.05) is 29.3 Å². The third kappa shape index (κ3) is 1.95. The van der Waals surface area contributed by atoms with Gasteiger partial charge in [-0.25, -0.2) is 4.68 Å². The summed E-state index contributed by atoms with van der Waals surface area (Å²) in [6.07, 6.45) is 1.32. The van der Waals surface area contributed by atoms with Crippen LogP contribution in [0, 0.1) is 0 Å². The largest absolute Gasteiger partial charge is 0.384 e. The van der Waals surface area contributed by atoms with E-state index in [0.717, 1.165) is 25.1 Å². The Kier molecular flexibility index (Phi) is 3.07. The molecule has 0 bridgehead atoms. The highest BCUT2D eigenvalue weighted by Gasteiger charge is 2.22. The highest BCUT2D eigenvalue weighted by atomic mass is 35.5. The minimum atomic E-state index is -0.0361. The Morgan fingerprint density at radius 3 is 2.37 bits per heavy atom. The first-order valence-corrected chi connectivity index (χ1v) is 6.86. The summed E-state index contributed by atoms with van der Waals surface area (Å²) in [7, 11) is 0. The highest BCUT2D eigenvalue weighted by Crippen LogP contribution is 2.28. The standard InChI is InChI=1S/C13H13Cl2N3O/c14-10-3-1-4-11(15)8(10)7-9-12(16)17-5-2-6-18(17)13(9)19/h1,3-4H,2,5-7,16H2. The van der Waals surface area contributed by atoms with Crippen LogP contribution >= 0.6 is 23.2 Å². The van der Waals surface area contributed by atoms with Gasteiger partial charge in [0.05, 0.1) is 5.56 Å². The Balaban J connectivity index is 2.08. The normalized spacial score (nSPS) is 13.8. The van der Waals surface area contributed by atoms with Crippen LogP contribution in [0.2, 0.25) is 10.0 Å². The van der Waals surface area contributed by atoms with Crippen LogP contribution in [0.1, 0.15) is 17.5 Å². The molecule has 4 nitrogen and oxygen atoms in total. The van der Waals surface area contributed by atoms with Crippen LogP contribution in [-0.4, -0.2) is 9.36 Å². The lowest BCUT2D eigenvalue weighted by Crippen LogP contribution is -2.19. The lowest BCUT2D eigenvalue weighted by Gasteiger charge is -2.06. The molecule has 0 radical (unpaired) electrons. The molecule has 100 valence electrons. The maximum atomic E-state index is 12.3. The summed E-state index contributed by atoms with van der Waals surface area (Å²) in [6.45, 7) is 1.51. The molecule has 3 rings (SSSR count). The molecule has 6 heteroatoms. The van der Waals surface area contributed by atoms with E-state index >= 15 is 0 Å². The van der Waals surface area contributed by atoms with Crippen molar-refractivity contribution in [2.45, 2.75) is 25.9 Å². The minimum Gasteiger partial charge on any atom is -0.384 e. The Labute approximate surface area is 120 Å². The smallest absolute Gasteiger partial charge is 0.272 e. The molecule has 0 spiro atoms. The van der Waals surface area contributed by atoms with Gasteiger partial charge in [-0.15, -0.1) is 0 Å². The third-order valence-corrected chi connectivity index (χ3v) is 4.23. The molecule has 0 amide bonds. The Morgan fingerprint density at radius 1 is 1.11 bits per heavy atom. The number of nitrogens with two attached hydrogens (primary N) is 1. The Hall–Kier alpha value is -1.39. The molecule has 1 aromatic heterocycles. The van der Waals surface area contributed by atoms with Gasteiger partial charge in [0.15, 0.2) is 0 Å². The van der Waals surface area contributed by atoms with Crippen molar-refractivity contribution in [2.75, 3.05) is 5.73 Å². The summed E-state index contributed by atoms with van der Waals surface area (Å²) in [4.78, 5) is 12.3. The molecule has 0 unspecified atom stereocenters. The molecule has 0 atom stereocenters. The van der Waals surface area contributed by atoms with E-state index in [1.165, 1.54) is 0 Å². The summed E-state index contributed by atoms with van der Waals surface area (Å²) in [5, 5.41) is 1.12. The third-order valence-electron chi connectivity index (χ3n) is 3.53. The van der Waals surface area contributed by atoms with Crippen LogP contribution in [0.3, 0.4) is 0 Å². The van der Waals surface area contributed by atoms with Gasteiger partial charge in [0.25, 0.3) is 5.56 Å². The second kappa shape index (κ2) is 4.62. The second-order valence-corrected chi connectivity index (χ2v) is 5.46. The number of aromatic nitrogens is 2. The van der Waals surface area contributed by atoms with Gasteiger partial charge >= 0.3 is 0 Å². The quantitative estimate of drug-likeness (QED) is 0.926. The van der Waals surface area contributed by atoms with E-state index < -0.39 is 0 Å². The second-order valence-electron chi connectivity index (χ2n) is 4.65. The molecule has 0 fully saturated rings.